The van der Waals surface area contributed by atoms with Crippen molar-refractivity contribution >= 4 is 11.6 Å². The number of hydrogen-bond donors (Lipinski definition) is 1. The van der Waals surface area contributed by atoms with E-state index >= 15 is 0 Å². The summed E-state index contributed by atoms with van der Waals surface area (Å²) in [7, 11) is 1.77. The minimum atomic E-state index is 0.422. The molecule has 2 nitrogen and oxygen atoms in total. The lowest BCUT2D eigenvalue weighted by Gasteiger charge is -2.23. The zero-order valence-electron chi connectivity index (χ0n) is 11.2. The minimum Gasteiger partial charge on any atom is -0.383 e. The lowest BCUT2D eigenvalue weighted by atomic mass is 10.1. The van der Waals surface area contributed by atoms with Crippen LogP contribution in [0.4, 0.5) is 0 Å². The fourth-order valence-electron chi connectivity index (χ4n) is 2.42. The van der Waals surface area contributed by atoms with E-state index in [1.807, 2.05) is 18.2 Å². The molecule has 1 aliphatic carbocycles. The van der Waals surface area contributed by atoms with Gasteiger partial charge in [0, 0.05) is 24.2 Å². The molecule has 3 heteroatoms. The van der Waals surface area contributed by atoms with E-state index in [-0.39, 0.29) is 0 Å². The number of methoxy groups -OCH3 is 1. The smallest absolute Gasteiger partial charge is 0.0618 e. The van der Waals surface area contributed by atoms with E-state index < -0.39 is 0 Å². The average molecular weight is 268 g/mol. The summed E-state index contributed by atoms with van der Waals surface area (Å²) < 4.78 is 5.29. The van der Waals surface area contributed by atoms with Crippen LogP contribution in [0.5, 0.6) is 0 Å². The Labute approximate surface area is 115 Å². The van der Waals surface area contributed by atoms with Crippen molar-refractivity contribution in [3.05, 3.63) is 34.9 Å². The van der Waals surface area contributed by atoms with Crippen molar-refractivity contribution in [1.29, 1.82) is 0 Å². The summed E-state index contributed by atoms with van der Waals surface area (Å²) in [6, 6.07) is 8.99. The van der Waals surface area contributed by atoms with Crippen LogP contribution in [0, 0.1) is 5.92 Å². The molecule has 18 heavy (non-hydrogen) atoms. The van der Waals surface area contributed by atoms with Crippen molar-refractivity contribution in [2.45, 2.75) is 38.3 Å². The molecule has 0 radical (unpaired) electrons. The second-order valence-electron chi connectivity index (χ2n) is 5.26. The molecule has 0 bridgehead atoms. The Morgan fingerprint density at radius 2 is 2.11 bits per heavy atom. The third-order valence-electron chi connectivity index (χ3n) is 3.52. The van der Waals surface area contributed by atoms with Gasteiger partial charge in [-0.2, -0.15) is 0 Å². The van der Waals surface area contributed by atoms with Gasteiger partial charge in [0.05, 0.1) is 6.61 Å². The van der Waals surface area contributed by atoms with Crippen molar-refractivity contribution in [3.8, 4) is 0 Å². The molecule has 1 aromatic rings. The first-order valence-corrected chi connectivity index (χ1v) is 7.07. The highest BCUT2D eigenvalue weighted by Gasteiger charge is 2.31. The van der Waals surface area contributed by atoms with Crippen LogP contribution in [-0.2, 0) is 11.2 Å². The monoisotopic (exact) mass is 267 g/mol. The van der Waals surface area contributed by atoms with Gasteiger partial charge in [0.2, 0.25) is 0 Å². The van der Waals surface area contributed by atoms with Crippen molar-refractivity contribution in [1.82, 2.24) is 5.32 Å². The lowest BCUT2D eigenvalue weighted by molar-refractivity contribution is 0.152. The maximum absolute atomic E-state index is 6.19. The van der Waals surface area contributed by atoms with E-state index in [0.717, 1.165) is 24.0 Å². The highest BCUT2D eigenvalue weighted by Crippen LogP contribution is 2.33. The van der Waals surface area contributed by atoms with Crippen LogP contribution in [0.2, 0.25) is 5.02 Å². The van der Waals surface area contributed by atoms with E-state index in [1.54, 1.807) is 7.11 Å². The summed E-state index contributed by atoms with van der Waals surface area (Å²) in [5.41, 5.74) is 1.21. The average Bonchev–Trinajstić information content (AvgIpc) is 3.16. The van der Waals surface area contributed by atoms with Crippen LogP contribution in [0.25, 0.3) is 0 Å². The fourth-order valence-corrected chi connectivity index (χ4v) is 2.63. The van der Waals surface area contributed by atoms with Gasteiger partial charge in [-0.1, -0.05) is 29.8 Å². The Morgan fingerprint density at radius 3 is 2.72 bits per heavy atom. The predicted molar refractivity (Wildman–Crippen MR) is 76.1 cm³/mol. The maximum Gasteiger partial charge on any atom is 0.0618 e. The molecule has 1 fully saturated rings. The molecule has 0 aromatic heterocycles. The SMILES string of the molecule is COCC(NC(C)Cc1ccccc1Cl)C1CC1. The molecule has 1 aromatic carbocycles. The molecular weight excluding hydrogens is 246 g/mol. The quantitative estimate of drug-likeness (QED) is 0.819. The molecule has 1 N–H and O–H groups in total. The van der Waals surface area contributed by atoms with Crippen LogP contribution in [-0.4, -0.2) is 25.8 Å². The third-order valence-corrected chi connectivity index (χ3v) is 3.89. The van der Waals surface area contributed by atoms with Crippen molar-refractivity contribution in [2.24, 2.45) is 5.92 Å². The Hall–Kier alpha value is -0.570. The Balaban J connectivity index is 1.87. The second-order valence-corrected chi connectivity index (χ2v) is 5.67. The van der Waals surface area contributed by atoms with Crippen molar-refractivity contribution in [2.75, 3.05) is 13.7 Å². The molecule has 2 rings (SSSR count). The Bertz CT molecular complexity index is 379. The maximum atomic E-state index is 6.19. The fraction of sp³-hybridized carbons (Fsp3) is 0.600. The first kappa shape index (κ1) is 13.9. The topological polar surface area (TPSA) is 21.3 Å². The molecule has 2 unspecified atom stereocenters. The van der Waals surface area contributed by atoms with Gasteiger partial charge in [-0.25, -0.2) is 0 Å². The highest BCUT2D eigenvalue weighted by molar-refractivity contribution is 6.31. The van der Waals surface area contributed by atoms with E-state index in [9.17, 15) is 0 Å². The molecule has 100 valence electrons. The molecule has 2 atom stereocenters. The molecule has 0 heterocycles. The van der Waals surface area contributed by atoms with Gasteiger partial charge in [0.15, 0.2) is 0 Å². The number of nitrogens with one attached hydrogen (secondary N) is 1. The number of rotatable bonds is 7. The molecule has 0 amide bonds. The summed E-state index contributed by atoms with van der Waals surface area (Å²) in [4.78, 5) is 0. The van der Waals surface area contributed by atoms with Crippen LogP contribution in [0.1, 0.15) is 25.3 Å². The minimum absolute atomic E-state index is 0.422. The van der Waals surface area contributed by atoms with Crippen LogP contribution in [0.15, 0.2) is 24.3 Å². The molecule has 0 aliphatic heterocycles. The van der Waals surface area contributed by atoms with Crippen LogP contribution < -0.4 is 5.32 Å². The summed E-state index contributed by atoms with van der Waals surface area (Å²) >= 11 is 6.19. The van der Waals surface area contributed by atoms with Crippen molar-refractivity contribution in [3.63, 3.8) is 0 Å². The van der Waals surface area contributed by atoms with Gasteiger partial charge >= 0.3 is 0 Å². The van der Waals surface area contributed by atoms with E-state index in [0.29, 0.717) is 12.1 Å². The van der Waals surface area contributed by atoms with E-state index in [4.69, 9.17) is 16.3 Å². The second kappa shape index (κ2) is 6.55. The number of ether oxygens (including phenoxy) is 1. The van der Waals surface area contributed by atoms with Gasteiger partial charge in [0.25, 0.3) is 0 Å². The molecular formula is C15H22ClNO. The van der Waals surface area contributed by atoms with Gasteiger partial charge < -0.3 is 10.1 Å². The standard InChI is InChI=1S/C15H22ClNO/c1-11(9-13-5-3-4-6-14(13)16)17-15(10-18-2)12-7-8-12/h3-6,11-12,15,17H,7-10H2,1-2H3. The summed E-state index contributed by atoms with van der Waals surface area (Å²) in [5, 5.41) is 4.53. The molecule has 1 saturated carbocycles. The lowest BCUT2D eigenvalue weighted by Crippen LogP contribution is -2.42. The van der Waals surface area contributed by atoms with E-state index in [1.165, 1.54) is 18.4 Å². The third kappa shape index (κ3) is 3.98. The summed E-state index contributed by atoms with van der Waals surface area (Å²) in [6.45, 7) is 3.02. The van der Waals surface area contributed by atoms with Crippen molar-refractivity contribution < 1.29 is 4.74 Å². The Kier molecular flexibility index (Phi) is 5.04. The highest BCUT2D eigenvalue weighted by atomic mass is 35.5. The van der Waals surface area contributed by atoms with Gasteiger partial charge in [-0.15, -0.1) is 0 Å². The largest absolute Gasteiger partial charge is 0.383 e. The zero-order valence-corrected chi connectivity index (χ0v) is 11.9. The molecule has 0 saturated heterocycles. The molecule has 0 spiro atoms. The number of benzene rings is 1. The Morgan fingerprint density at radius 1 is 1.39 bits per heavy atom. The zero-order chi connectivity index (χ0) is 13.0. The summed E-state index contributed by atoms with van der Waals surface area (Å²) in [5.74, 6) is 0.804. The molecule has 1 aliphatic rings. The van der Waals surface area contributed by atoms with E-state index in [2.05, 4.69) is 18.3 Å². The van der Waals surface area contributed by atoms with Crippen LogP contribution >= 0.6 is 11.6 Å². The summed E-state index contributed by atoms with van der Waals surface area (Å²) in [6.07, 6.45) is 3.63. The normalized spacial score (nSPS) is 18.6. The van der Waals surface area contributed by atoms with Crippen LogP contribution in [0.3, 0.4) is 0 Å². The first-order valence-electron chi connectivity index (χ1n) is 6.69. The van der Waals surface area contributed by atoms with Gasteiger partial charge in [-0.05, 0) is 43.7 Å². The predicted octanol–water partition coefficient (Wildman–Crippen LogP) is 3.29. The number of halogens is 1. The number of hydrogen-bond acceptors (Lipinski definition) is 2. The van der Waals surface area contributed by atoms with Gasteiger partial charge in [0.1, 0.15) is 0 Å². The first-order chi connectivity index (χ1) is 8.70. The van der Waals surface area contributed by atoms with Gasteiger partial charge in [-0.3, -0.25) is 0 Å².